The molecule has 0 aliphatic heterocycles. The minimum absolute atomic E-state index is 0.205. The minimum atomic E-state index is -0.350. The van der Waals surface area contributed by atoms with Gasteiger partial charge in [0.25, 0.3) is 5.91 Å². The lowest BCUT2D eigenvalue weighted by atomic mass is 10.2. The molecule has 3 aromatic carbocycles. The van der Waals surface area contributed by atoms with Crippen molar-refractivity contribution in [3.05, 3.63) is 82.1 Å². The van der Waals surface area contributed by atoms with Gasteiger partial charge in [0, 0.05) is 17.9 Å². The van der Waals surface area contributed by atoms with Crippen LogP contribution in [0.2, 0.25) is 10.0 Å². The van der Waals surface area contributed by atoms with Gasteiger partial charge in [-0.3, -0.25) is 4.79 Å². The van der Waals surface area contributed by atoms with E-state index < -0.39 is 0 Å². The lowest BCUT2D eigenvalue weighted by Gasteiger charge is -2.13. The maximum absolute atomic E-state index is 13.0. The molecule has 0 radical (unpaired) electrons. The zero-order valence-electron chi connectivity index (χ0n) is 16.0. The Morgan fingerprint density at radius 2 is 1.67 bits per heavy atom. The standard InChI is InChI=1S/C22H19Cl2FN2O3/c1-29-21-10-14(12-26-16-5-3-15(25)4-6-16)2-9-20(21)30-13-22(28)27-17-7-8-18(23)19(24)11-17/h2-11,26H,12-13H2,1H3,(H,27,28). The molecule has 0 atom stereocenters. The number of ether oxygens (including phenoxy) is 2. The van der Waals surface area contributed by atoms with Gasteiger partial charge in [-0.2, -0.15) is 0 Å². The summed E-state index contributed by atoms with van der Waals surface area (Å²) in [6, 6.07) is 16.3. The first-order valence-electron chi connectivity index (χ1n) is 8.98. The Bertz CT molecular complexity index is 1030. The molecule has 0 saturated carbocycles. The van der Waals surface area contributed by atoms with Crippen molar-refractivity contribution in [1.82, 2.24) is 0 Å². The maximum Gasteiger partial charge on any atom is 0.262 e. The van der Waals surface area contributed by atoms with E-state index in [9.17, 15) is 9.18 Å². The fourth-order valence-electron chi connectivity index (χ4n) is 2.63. The van der Waals surface area contributed by atoms with Crippen molar-refractivity contribution >= 4 is 40.5 Å². The van der Waals surface area contributed by atoms with Crippen molar-refractivity contribution < 1.29 is 18.7 Å². The van der Waals surface area contributed by atoms with Crippen molar-refractivity contribution in [2.75, 3.05) is 24.4 Å². The number of carbonyl (C=O) groups excluding carboxylic acids is 1. The van der Waals surface area contributed by atoms with Gasteiger partial charge in [-0.05, 0) is 60.2 Å². The molecule has 2 N–H and O–H groups in total. The van der Waals surface area contributed by atoms with Crippen LogP contribution in [0, 0.1) is 5.82 Å². The normalized spacial score (nSPS) is 10.4. The van der Waals surface area contributed by atoms with Crippen molar-refractivity contribution in [2.24, 2.45) is 0 Å². The fourth-order valence-corrected chi connectivity index (χ4v) is 2.93. The molecule has 0 saturated heterocycles. The summed E-state index contributed by atoms with van der Waals surface area (Å²) in [6.07, 6.45) is 0. The second kappa shape index (κ2) is 10.2. The van der Waals surface area contributed by atoms with Gasteiger partial charge in [0.05, 0.1) is 17.2 Å². The van der Waals surface area contributed by atoms with Crippen LogP contribution in [-0.4, -0.2) is 19.6 Å². The van der Waals surface area contributed by atoms with E-state index in [2.05, 4.69) is 10.6 Å². The predicted molar refractivity (Wildman–Crippen MR) is 117 cm³/mol. The summed E-state index contributed by atoms with van der Waals surface area (Å²) in [7, 11) is 1.52. The molecule has 0 aromatic heterocycles. The Balaban J connectivity index is 1.56. The van der Waals surface area contributed by atoms with Gasteiger partial charge in [-0.25, -0.2) is 4.39 Å². The lowest BCUT2D eigenvalue weighted by molar-refractivity contribution is -0.118. The van der Waals surface area contributed by atoms with E-state index >= 15 is 0 Å². The maximum atomic E-state index is 13.0. The van der Waals surface area contributed by atoms with Crippen molar-refractivity contribution in [2.45, 2.75) is 6.54 Å². The summed E-state index contributed by atoms with van der Waals surface area (Å²) in [5, 5.41) is 6.64. The second-order valence-corrected chi connectivity index (χ2v) is 7.13. The highest BCUT2D eigenvalue weighted by molar-refractivity contribution is 6.42. The third kappa shape index (κ3) is 6.02. The average Bonchev–Trinajstić information content (AvgIpc) is 2.74. The van der Waals surface area contributed by atoms with E-state index in [1.807, 2.05) is 12.1 Å². The van der Waals surface area contributed by atoms with Crippen LogP contribution in [0.15, 0.2) is 60.7 Å². The zero-order valence-corrected chi connectivity index (χ0v) is 17.6. The highest BCUT2D eigenvalue weighted by atomic mass is 35.5. The molecule has 5 nitrogen and oxygen atoms in total. The van der Waals surface area contributed by atoms with E-state index in [4.69, 9.17) is 32.7 Å². The predicted octanol–water partition coefficient (Wildman–Crippen LogP) is 5.77. The van der Waals surface area contributed by atoms with Crippen LogP contribution in [0.4, 0.5) is 15.8 Å². The van der Waals surface area contributed by atoms with E-state index in [0.717, 1.165) is 11.3 Å². The Hall–Kier alpha value is -2.96. The van der Waals surface area contributed by atoms with Gasteiger partial charge in [0.15, 0.2) is 18.1 Å². The third-order valence-electron chi connectivity index (χ3n) is 4.13. The molecular weight excluding hydrogens is 430 g/mol. The topological polar surface area (TPSA) is 59.6 Å². The Morgan fingerprint density at radius 3 is 2.37 bits per heavy atom. The van der Waals surface area contributed by atoms with E-state index in [-0.39, 0.29) is 18.3 Å². The third-order valence-corrected chi connectivity index (χ3v) is 4.87. The summed E-state index contributed by atoms with van der Waals surface area (Å²) in [4.78, 5) is 12.1. The molecule has 3 aromatic rings. The number of benzene rings is 3. The van der Waals surface area contributed by atoms with Gasteiger partial charge in [0.1, 0.15) is 5.82 Å². The molecule has 0 unspecified atom stereocenters. The first-order chi connectivity index (χ1) is 14.4. The molecule has 0 heterocycles. The average molecular weight is 449 g/mol. The number of amides is 1. The zero-order chi connectivity index (χ0) is 21.5. The fraction of sp³-hybridized carbons (Fsp3) is 0.136. The molecule has 1 amide bonds. The number of methoxy groups -OCH3 is 1. The number of anilines is 2. The van der Waals surface area contributed by atoms with Crippen LogP contribution < -0.4 is 20.1 Å². The first-order valence-corrected chi connectivity index (χ1v) is 9.74. The largest absolute Gasteiger partial charge is 0.493 e. The van der Waals surface area contributed by atoms with Gasteiger partial charge < -0.3 is 20.1 Å². The van der Waals surface area contributed by atoms with Crippen LogP contribution in [0.1, 0.15) is 5.56 Å². The van der Waals surface area contributed by atoms with E-state index in [1.54, 1.807) is 36.4 Å². The first kappa shape index (κ1) is 21.7. The monoisotopic (exact) mass is 448 g/mol. The summed E-state index contributed by atoms with van der Waals surface area (Å²) in [5.41, 5.74) is 2.26. The van der Waals surface area contributed by atoms with Crippen molar-refractivity contribution in [3.63, 3.8) is 0 Å². The smallest absolute Gasteiger partial charge is 0.262 e. The van der Waals surface area contributed by atoms with Crippen molar-refractivity contribution in [3.8, 4) is 11.5 Å². The molecule has 30 heavy (non-hydrogen) atoms. The molecule has 0 aliphatic carbocycles. The van der Waals surface area contributed by atoms with E-state index in [1.165, 1.54) is 19.2 Å². The highest BCUT2D eigenvalue weighted by Crippen LogP contribution is 2.29. The Morgan fingerprint density at radius 1 is 0.933 bits per heavy atom. The lowest BCUT2D eigenvalue weighted by Crippen LogP contribution is -2.20. The molecule has 3 rings (SSSR count). The SMILES string of the molecule is COc1cc(CNc2ccc(F)cc2)ccc1OCC(=O)Nc1ccc(Cl)c(Cl)c1. The van der Waals surface area contributed by atoms with Crippen LogP contribution >= 0.6 is 23.2 Å². The van der Waals surface area contributed by atoms with Crippen molar-refractivity contribution in [1.29, 1.82) is 0 Å². The Labute approximate surface area is 183 Å². The summed E-state index contributed by atoms with van der Waals surface area (Å²) in [5.74, 6) is 0.299. The number of hydrogen-bond acceptors (Lipinski definition) is 4. The molecule has 0 fully saturated rings. The summed E-state index contributed by atoms with van der Waals surface area (Å²) in [6.45, 7) is 0.309. The van der Waals surface area contributed by atoms with E-state index in [0.29, 0.717) is 33.8 Å². The van der Waals surface area contributed by atoms with Gasteiger partial charge in [0.2, 0.25) is 0 Å². The molecule has 0 aliphatic rings. The van der Waals surface area contributed by atoms with Crippen LogP contribution in [0.5, 0.6) is 11.5 Å². The van der Waals surface area contributed by atoms with Gasteiger partial charge in [-0.1, -0.05) is 29.3 Å². The number of nitrogens with one attached hydrogen (secondary N) is 2. The molecule has 8 heteroatoms. The summed E-state index contributed by atoms with van der Waals surface area (Å²) >= 11 is 11.8. The van der Waals surface area contributed by atoms with Gasteiger partial charge in [-0.15, -0.1) is 0 Å². The Kier molecular flexibility index (Phi) is 7.38. The molecule has 0 spiro atoms. The molecule has 156 valence electrons. The number of halogens is 3. The quantitative estimate of drug-likeness (QED) is 0.459. The number of hydrogen-bond donors (Lipinski definition) is 2. The number of carbonyl (C=O) groups is 1. The van der Waals surface area contributed by atoms with Crippen LogP contribution in [-0.2, 0) is 11.3 Å². The van der Waals surface area contributed by atoms with Crippen LogP contribution in [0.25, 0.3) is 0 Å². The second-order valence-electron chi connectivity index (χ2n) is 6.31. The molecular formula is C22H19Cl2FN2O3. The van der Waals surface area contributed by atoms with Crippen LogP contribution in [0.3, 0.4) is 0 Å². The summed E-state index contributed by atoms with van der Waals surface area (Å²) < 4.78 is 23.9. The minimum Gasteiger partial charge on any atom is -0.493 e. The molecule has 0 bridgehead atoms. The van der Waals surface area contributed by atoms with Gasteiger partial charge >= 0.3 is 0 Å². The number of rotatable bonds is 8. The highest BCUT2D eigenvalue weighted by Gasteiger charge is 2.10.